The Balaban J connectivity index is 1.41. The van der Waals surface area contributed by atoms with Crippen molar-refractivity contribution in [3.05, 3.63) is 40.8 Å². The largest absolute Gasteiger partial charge is 0.345 e. The quantitative estimate of drug-likeness (QED) is 0.603. The van der Waals surface area contributed by atoms with Gasteiger partial charge in [-0.05, 0) is 44.9 Å². The molecule has 6 heteroatoms. The molecule has 0 bridgehead atoms. The molecule has 3 aliphatic rings. The minimum absolute atomic E-state index is 0.143. The van der Waals surface area contributed by atoms with Crippen LogP contribution < -0.4 is 5.32 Å². The molecule has 0 unspecified atom stereocenters. The second kappa shape index (κ2) is 7.75. The molecule has 1 aromatic carbocycles. The Hall–Kier alpha value is -2.18. The van der Waals surface area contributed by atoms with Crippen LogP contribution in [0, 0.1) is 12.3 Å². The van der Waals surface area contributed by atoms with Crippen molar-refractivity contribution in [1.29, 1.82) is 0 Å². The molecule has 1 amide bonds. The van der Waals surface area contributed by atoms with Gasteiger partial charge in [-0.3, -0.25) is 4.48 Å². The van der Waals surface area contributed by atoms with Crippen LogP contribution in [0.15, 0.2) is 35.3 Å². The van der Waals surface area contributed by atoms with Crippen LogP contribution in [0.2, 0.25) is 0 Å². The van der Waals surface area contributed by atoms with Gasteiger partial charge >= 0.3 is 5.91 Å². The molecule has 1 aliphatic carbocycles. The zero-order valence-electron chi connectivity index (χ0n) is 18.9. The summed E-state index contributed by atoms with van der Waals surface area (Å²) >= 11 is 1.78. The number of carbonyl (C=O) groups excluding carboxylic acids is 1. The third-order valence-corrected chi connectivity index (χ3v) is 8.43. The van der Waals surface area contributed by atoms with Crippen molar-refractivity contribution < 1.29 is 9.28 Å². The van der Waals surface area contributed by atoms with Crippen molar-refractivity contribution in [2.24, 2.45) is 10.4 Å². The van der Waals surface area contributed by atoms with Crippen molar-refractivity contribution >= 4 is 39.5 Å². The molecular weight excluding hydrogens is 404 g/mol. The maximum absolute atomic E-state index is 13.6. The van der Waals surface area contributed by atoms with Crippen LogP contribution in [0.4, 0.5) is 16.4 Å². The molecule has 1 saturated heterocycles. The van der Waals surface area contributed by atoms with Gasteiger partial charge in [0.15, 0.2) is 0 Å². The van der Waals surface area contributed by atoms with Crippen molar-refractivity contribution in [3.8, 4) is 0 Å². The highest BCUT2D eigenvalue weighted by Crippen LogP contribution is 2.41. The van der Waals surface area contributed by atoms with Crippen LogP contribution in [0.3, 0.4) is 0 Å². The van der Waals surface area contributed by atoms with Gasteiger partial charge in [-0.15, -0.1) is 11.3 Å². The van der Waals surface area contributed by atoms with Crippen LogP contribution in [0.5, 0.6) is 0 Å². The molecule has 2 aliphatic heterocycles. The molecule has 2 aromatic rings. The number of aliphatic imine (C=N–C) groups is 1. The number of fused-ring (bicyclic) bond motifs is 2. The zero-order valence-corrected chi connectivity index (χ0v) is 19.7. The molecule has 1 aromatic heterocycles. The molecule has 164 valence electrons. The Bertz CT molecular complexity index is 1030. The number of carbonyl (C=O) groups is 1. The summed E-state index contributed by atoms with van der Waals surface area (Å²) in [7, 11) is 2.16. The summed E-state index contributed by atoms with van der Waals surface area (Å²) in [6.45, 7) is 7.77. The van der Waals surface area contributed by atoms with Gasteiger partial charge in [0.05, 0.1) is 42.5 Å². The van der Waals surface area contributed by atoms with Crippen molar-refractivity contribution in [3.63, 3.8) is 0 Å². The molecule has 1 saturated carbocycles. The van der Waals surface area contributed by atoms with Gasteiger partial charge in [0, 0.05) is 4.88 Å². The molecule has 5 nitrogen and oxygen atoms in total. The average molecular weight is 438 g/mol. The van der Waals surface area contributed by atoms with E-state index in [1.54, 1.807) is 11.3 Å². The van der Waals surface area contributed by atoms with Gasteiger partial charge in [0.2, 0.25) is 0 Å². The Labute approximate surface area is 189 Å². The predicted molar refractivity (Wildman–Crippen MR) is 129 cm³/mol. The Morgan fingerprint density at radius 1 is 1.16 bits per heavy atom. The Kier molecular flexibility index (Phi) is 5.18. The molecule has 31 heavy (non-hydrogen) atoms. The summed E-state index contributed by atoms with van der Waals surface area (Å²) in [6, 6.07) is 10.5. The van der Waals surface area contributed by atoms with Gasteiger partial charge in [0.25, 0.3) is 0 Å². The maximum atomic E-state index is 13.6. The molecular formula is C25H33N4OS+. The van der Waals surface area contributed by atoms with Gasteiger partial charge in [-0.25, -0.2) is 9.79 Å². The minimum atomic E-state index is -0.143. The number of likely N-dealkylation sites (N-methyl/N-ethyl adjacent to an activating group) is 1. The van der Waals surface area contributed by atoms with Crippen LogP contribution >= 0.6 is 11.3 Å². The highest BCUT2D eigenvalue weighted by Gasteiger charge is 2.48. The third kappa shape index (κ3) is 3.70. The number of anilines is 2. The lowest BCUT2D eigenvalue weighted by atomic mass is 9.74. The van der Waals surface area contributed by atoms with Crippen molar-refractivity contribution in [2.45, 2.75) is 46.0 Å². The number of amides is 1. The van der Waals surface area contributed by atoms with E-state index in [9.17, 15) is 4.79 Å². The lowest BCUT2D eigenvalue weighted by Gasteiger charge is -2.45. The van der Waals surface area contributed by atoms with E-state index in [2.05, 4.69) is 49.3 Å². The molecule has 0 spiro atoms. The van der Waals surface area contributed by atoms with E-state index in [4.69, 9.17) is 4.99 Å². The number of amidine groups is 1. The number of benzene rings is 1. The van der Waals surface area contributed by atoms with E-state index in [-0.39, 0.29) is 5.41 Å². The number of thiophene rings is 1. The number of quaternary nitrogens is 1. The first-order valence-electron chi connectivity index (χ1n) is 11.6. The molecule has 1 N–H and O–H groups in total. The van der Waals surface area contributed by atoms with E-state index >= 15 is 0 Å². The third-order valence-electron chi connectivity index (χ3n) is 7.46. The predicted octanol–water partition coefficient (Wildman–Crippen LogP) is 5.45. The normalized spacial score (nSPS) is 21.9. The molecule has 5 rings (SSSR count). The Morgan fingerprint density at radius 2 is 1.87 bits per heavy atom. The molecule has 0 radical (unpaired) electrons. The first-order chi connectivity index (χ1) is 14.9. The number of nitrogens with zero attached hydrogens (tertiary/aromatic N) is 3. The van der Waals surface area contributed by atoms with E-state index in [0.717, 1.165) is 61.2 Å². The summed E-state index contributed by atoms with van der Waals surface area (Å²) in [5, 5.41) is 4.76. The SMILES string of the molecule is Cc1cc2c(s1)Nc1ccccc1N=C2N1CC[N+](C)(C(=O)C2(C)CCCCC2)CC1. The number of piperazine rings is 1. The van der Waals surface area contributed by atoms with Crippen LogP contribution in [-0.4, -0.2) is 54.4 Å². The first-order valence-corrected chi connectivity index (χ1v) is 12.4. The molecule has 3 heterocycles. The van der Waals surface area contributed by atoms with Gasteiger partial charge in [0.1, 0.15) is 23.9 Å². The number of nitrogens with one attached hydrogen (secondary N) is 1. The van der Waals surface area contributed by atoms with Gasteiger partial charge in [-0.1, -0.05) is 31.4 Å². The van der Waals surface area contributed by atoms with Crippen LogP contribution in [0.1, 0.15) is 49.5 Å². The smallest absolute Gasteiger partial charge is 0.319 e. The summed E-state index contributed by atoms with van der Waals surface area (Å²) in [5.41, 5.74) is 3.07. The molecule has 2 fully saturated rings. The minimum Gasteiger partial charge on any atom is -0.345 e. The lowest BCUT2D eigenvalue weighted by molar-refractivity contribution is -0.842. The van der Waals surface area contributed by atoms with Gasteiger partial charge < -0.3 is 10.2 Å². The molecule has 0 atom stereocenters. The number of hydrogen-bond acceptors (Lipinski definition) is 5. The van der Waals surface area contributed by atoms with Crippen molar-refractivity contribution in [1.82, 2.24) is 4.90 Å². The summed E-state index contributed by atoms with van der Waals surface area (Å²) in [4.78, 5) is 22.4. The number of rotatable bonds is 1. The zero-order chi connectivity index (χ0) is 21.6. The average Bonchev–Trinajstić information content (AvgIpc) is 3.06. The fourth-order valence-corrected chi connectivity index (χ4v) is 6.43. The van der Waals surface area contributed by atoms with E-state index < -0.39 is 0 Å². The fraction of sp³-hybridized carbons (Fsp3) is 0.520. The second-order valence-corrected chi connectivity index (χ2v) is 11.2. The number of hydrogen-bond donors (Lipinski definition) is 1. The van der Waals surface area contributed by atoms with E-state index in [1.165, 1.54) is 29.7 Å². The van der Waals surface area contributed by atoms with E-state index in [0.29, 0.717) is 10.4 Å². The fourth-order valence-electron chi connectivity index (χ4n) is 5.51. The lowest BCUT2D eigenvalue weighted by Crippen LogP contribution is -2.64. The second-order valence-electron chi connectivity index (χ2n) is 9.93. The standard InChI is InChI=1S/C25H33N4OS/c1-18-17-19-22(26-20-9-5-6-10-21(20)27-23(19)31-18)28-13-15-29(3,16-14-28)24(30)25(2)11-7-4-8-12-25/h5-6,9-10,17,27H,4,7-8,11-16H2,1-3H3/q+1. The van der Waals surface area contributed by atoms with Gasteiger partial charge in [-0.2, -0.15) is 0 Å². The van der Waals surface area contributed by atoms with Crippen molar-refractivity contribution in [2.75, 3.05) is 38.5 Å². The first kappa shape index (κ1) is 20.7. The highest BCUT2D eigenvalue weighted by molar-refractivity contribution is 7.16. The van der Waals surface area contributed by atoms with Crippen LogP contribution in [-0.2, 0) is 4.79 Å². The summed E-state index contributed by atoms with van der Waals surface area (Å²) < 4.78 is 0.560. The number of aryl methyl sites for hydroxylation is 1. The maximum Gasteiger partial charge on any atom is 0.319 e. The highest BCUT2D eigenvalue weighted by atomic mass is 32.1. The Morgan fingerprint density at radius 3 is 2.61 bits per heavy atom. The monoisotopic (exact) mass is 437 g/mol. The number of para-hydroxylation sites is 2. The topological polar surface area (TPSA) is 44.7 Å². The van der Waals surface area contributed by atoms with E-state index in [1.807, 2.05) is 12.1 Å². The summed E-state index contributed by atoms with van der Waals surface area (Å²) in [6.07, 6.45) is 5.76. The van der Waals surface area contributed by atoms with Crippen LogP contribution in [0.25, 0.3) is 0 Å². The summed E-state index contributed by atoms with van der Waals surface area (Å²) in [5.74, 6) is 1.49.